The minimum atomic E-state index is -1.34. The average molecular weight is 270 g/mol. The quantitative estimate of drug-likeness (QED) is 0.522. The molecule has 19 heavy (non-hydrogen) atoms. The third-order valence-electron chi connectivity index (χ3n) is 3.63. The molecule has 2 N–H and O–H groups in total. The Morgan fingerprint density at radius 3 is 2.74 bits per heavy atom. The van der Waals surface area contributed by atoms with Gasteiger partial charge in [0.25, 0.3) is 0 Å². The third kappa shape index (κ3) is 2.19. The summed E-state index contributed by atoms with van der Waals surface area (Å²) in [6, 6.07) is 0. The van der Waals surface area contributed by atoms with Crippen molar-refractivity contribution >= 4 is 11.9 Å². The summed E-state index contributed by atoms with van der Waals surface area (Å²) in [5, 5.41) is 29.4. The molecule has 3 unspecified atom stereocenters. The predicted octanol–water partition coefficient (Wildman–Crippen LogP) is -0.539. The fourth-order valence-electron chi connectivity index (χ4n) is 2.98. The van der Waals surface area contributed by atoms with Crippen molar-refractivity contribution in [3.8, 4) is 0 Å². The van der Waals surface area contributed by atoms with Crippen molar-refractivity contribution in [1.29, 1.82) is 0 Å². The molecule has 2 aliphatic heterocycles. The highest BCUT2D eigenvalue weighted by molar-refractivity contribution is 5.96. The highest BCUT2D eigenvalue weighted by atomic mass is 16.6. The van der Waals surface area contributed by atoms with Gasteiger partial charge < -0.3 is 15.1 Å². The van der Waals surface area contributed by atoms with Crippen LogP contribution in [0.1, 0.15) is 13.3 Å². The minimum absolute atomic E-state index is 0.144. The largest absolute Gasteiger partial charge is 0.477 e. The van der Waals surface area contributed by atoms with E-state index in [9.17, 15) is 24.8 Å². The van der Waals surface area contributed by atoms with Crippen LogP contribution in [-0.2, 0) is 9.59 Å². The van der Waals surface area contributed by atoms with Crippen molar-refractivity contribution in [3.05, 3.63) is 21.4 Å². The number of carbonyl (C=O) groups is 2. The first-order valence-corrected chi connectivity index (χ1v) is 5.89. The molecule has 2 heterocycles. The summed E-state index contributed by atoms with van der Waals surface area (Å²) in [7, 11) is 0. The second kappa shape index (κ2) is 4.61. The standard InChI is InChI=1S/C11H14N2O6/c1-5(14)8-6-2-7(4-13(18)19)9(11(16)17)12(3-6)10(8)15/h5-6,8,14H,2-4H2,1H3,(H,16,17). The third-order valence-corrected chi connectivity index (χ3v) is 3.63. The number of hydrogen-bond acceptors (Lipinski definition) is 5. The first-order valence-electron chi connectivity index (χ1n) is 5.89. The molecular formula is C11H14N2O6. The molecule has 0 spiro atoms. The predicted molar refractivity (Wildman–Crippen MR) is 61.5 cm³/mol. The van der Waals surface area contributed by atoms with Crippen LogP contribution in [0.25, 0.3) is 0 Å². The Morgan fingerprint density at radius 2 is 2.26 bits per heavy atom. The normalized spacial score (nSPS) is 27.7. The molecule has 8 nitrogen and oxygen atoms in total. The van der Waals surface area contributed by atoms with Gasteiger partial charge in [0, 0.05) is 17.0 Å². The summed E-state index contributed by atoms with van der Waals surface area (Å²) < 4.78 is 0. The van der Waals surface area contributed by atoms with E-state index in [1.807, 2.05) is 0 Å². The maximum atomic E-state index is 12.1. The molecular weight excluding hydrogens is 256 g/mol. The van der Waals surface area contributed by atoms with E-state index in [2.05, 4.69) is 0 Å². The van der Waals surface area contributed by atoms with Crippen molar-refractivity contribution in [2.75, 3.05) is 13.1 Å². The van der Waals surface area contributed by atoms with Crippen LogP contribution in [0, 0.1) is 22.0 Å². The Bertz CT molecular complexity index is 484. The molecule has 0 aromatic carbocycles. The Kier molecular flexibility index (Phi) is 3.27. The molecule has 0 aliphatic carbocycles. The number of aliphatic carboxylic acids is 1. The number of rotatable bonds is 4. The molecule has 0 aromatic heterocycles. The zero-order valence-electron chi connectivity index (χ0n) is 10.3. The lowest BCUT2D eigenvalue weighted by Gasteiger charge is -2.25. The molecule has 2 aliphatic rings. The molecule has 0 aromatic rings. The summed E-state index contributed by atoms with van der Waals surface area (Å²) in [6.45, 7) is 1.09. The molecule has 2 rings (SSSR count). The molecule has 8 heteroatoms. The Balaban J connectivity index is 2.40. The molecule has 104 valence electrons. The number of nitro groups is 1. The molecule has 3 atom stereocenters. The van der Waals surface area contributed by atoms with Gasteiger partial charge >= 0.3 is 5.97 Å². The average Bonchev–Trinajstić information content (AvgIpc) is 2.50. The number of nitrogens with zero attached hydrogens (tertiary/aromatic N) is 2. The smallest absolute Gasteiger partial charge is 0.352 e. The zero-order chi connectivity index (χ0) is 14.3. The van der Waals surface area contributed by atoms with Crippen molar-refractivity contribution in [1.82, 2.24) is 4.90 Å². The number of carboxylic acids is 1. The topological polar surface area (TPSA) is 121 Å². The number of amides is 1. The van der Waals surface area contributed by atoms with E-state index in [0.29, 0.717) is 0 Å². The molecule has 1 amide bonds. The number of carbonyl (C=O) groups excluding carboxylic acids is 1. The van der Waals surface area contributed by atoms with Gasteiger partial charge in [-0.2, -0.15) is 0 Å². The monoisotopic (exact) mass is 270 g/mol. The summed E-state index contributed by atoms with van der Waals surface area (Å²) in [4.78, 5) is 34.3. The van der Waals surface area contributed by atoms with Gasteiger partial charge in [0.05, 0.1) is 12.0 Å². The molecule has 1 saturated heterocycles. The summed E-state index contributed by atoms with van der Waals surface area (Å²) >= 11 is 0. The SMILES string of the molecule is CC(O)C1C(=O)N2CC1CC(C[N+](=O)[O-])=C2C(=O)O. The van der Waals surface area contributed by atoms with Crippen LogP contribution in [0.2, 0.25) is 0 Å². The number of aliphatic hydroxyl groups is 1. The highest BCUT2D eigenvalue weighted by Crippen LogP contribution is 2.40. The van der Waals surface area contributed by atoms with Gasteiger partial charge in [0.15, 0.2) is 0 Å². The summed E-state index contributed by atoms with van der Waals surface area (Å²) in [6.07, 6.45) is -0.729. The van der Waals surface area contributed by atoms with Crippen molar-refractivity contribution in [2.45, 2.75) is 19.4 Å². The van der Waals surface area contributed by atoms with Crippen LogP contribution >= 0.6 is 0 Å². The summed E-state index contributed by atoms with van der Waals surface area (Å²) in [5.41, 5.74) is -0.147. The minimum Gasteiger partial charge on any atom is -0.477 e. The Labute approximate surface area is 108 Å². The van der Waals surface area contributed by atoms with E-state index < -0.39 is 35.4 Å². The van der Waals surface area contributed by atoms with Crippen LogP contribution in [0.15, 0.2) is 11.3 Å². The number of hydrogen-bond donors (Lipinski definition) is 2. The van der Waals surface area contributed by atoms with E-state index in [4.69, 9.17) is 5.11 Å². The lowest BCUT2D eigenvalue weighted by Crippen LogP contribution is -2.35. The zero-order valence-corrected chi connectivity index (χ0v) is 10.3. The molecule has 1 fully saturated rings. The molecule has 0 saturated carbocycles. The van der Waals surface area contributed by atoms with Crippen molar-refractivity contribution in [2.24, 2.45) is 11.8 Å². The van der Waals surface area contributed by atoms with Crippen molar-refractivity contribution in [3.63, 3.8) is 0 Å². The Morgan fingerprint density at radius 1 is 1.63 bits per heavy atom. The maximum absolute atomic E-state index is 12.1. The Hall–Kier alpha value is -1.96. The first kappa shape index (κ1) is 13.5. The van der Waals surface area contributed by atoms with Gasteiger partial charge in [-0.05, 0) is 19.3 Å². The second-order valence-electron chi connectivity index (χ2n) is 4.93. The van der Waals surface area contributed by atoms with Gasteiger partial charge in [-0.15, -0.1) is 0 Å². The van der Waals surface area contributed by atoms with E-state index in [1.54, 1.807) is 0 Å². The van der Waals surface area contributed by atoms with Crippen LogP contribution < -0.4 is 0 Å². The fraction of sp³-hybridized carbons (Fsp3) is 0.636. The van der Waals surface area contributed by atoms with Crippen LogP contribution in [0.3, 0.4) is 0 Å². The number of carboxylic acid groups (broad SMARTS) is 1. The highest BCUT2D eigenvalue weighted by Gasteiger charge is 2.50. The molecule has 0 radical (unpaired) electrons. The fourth-order valence-corrected chi connectivity index (χ4v) is 2.98. The van der Waals surface area contributed by atoms with E-state index >= 15 is 0 Å². The van der Waals surface area contributed by atoms with E-state index in [-0.39, 0.29) is 30.2 Å². The number of aliphatic hydroxyl groups excluding tert-OH is 1. The van der Waals surface area contributed by atoms with E-state index in [0.717, 1.165) is 4.90 Å². The van der Waals surface area contributed by atoms with Gasteiger partial charge in [-0.3, -0.25) is 14.9 Å². The molecule has 2 bridgehead atoms. The first-order chi connectivity index (χ1) is 8.82. The van der Waals surface area contributed by atoms with Gasteiger partial charge in [-0.25, -0.2) is 4.79 Å². The lowest BCUT2D eigenvalue weighted by atomic mass is 9.85. The van der Waals surface area contributed by atoms with Crippen LogP contribution in [0.4, 0.5) is 0 Å². The second-order valence-corrected chi connectivity index (χ2v) is 4.93. The van der Waals surface area contributed by atoms with Crippen LogP contribution in [-0.4, -0.2) is 51.1 Å². The van der Waals surface area contributed by atoms with Gasteiger partial charge in [0.2, 0.25) is 12.5 Å². The summed E-state index contributed by atoms with van der Waals surface area (Å²) in [5.74, 6) is -2.74. The van der Waals surface area contributed by atoms with Crippen LogP contribution in [0.5, 0.6) is 0 Å². The number of fused-ring (bicyclic) bond motifs is 2. The van der Waals surface area contributed by atoms with Gasteiger partial charge in [-0.1, -0.05) is 0 Å². The lowest BCUT2D eigenvalue weighted by molar-refractivity contribution is -0.471. The van der Waals surface area contributed by atoms with Crippen molar-refractivity contribution < 1.29 is 24.7 Å². The maximum Gasteiger partial charge on any atom is 0.352 e. The van der Waals surface area contributed by atoms with Gasteiger partial charge in [0.1, 0.15) is 5.70 Å². The van der Waals surface area contributed by atoms with E-state index in [1.165, 1.54) is 6.92 Å².